The molecule has 10 heteroatoms. The first-order chi connectivity index (χ1) is 5.91. The molecule has 0 bridgehead atoms. The molecule has 8 nitrogen and oxygen atoms in total. The maximum absolute atomic E-state index is 10.3. The quantitative estimate of drug-likeness (QED) is 0.109. The molecule has 0 aliphatic heterocycles. The van der Waals surface area contributed by atoms with Crippen molar-refractivity contribution in [2.75, 3.05) is 7.05 Å². The van der Waals surface area contributed by atoms with Gasteiger partial charge in [0.05, 0.1) is 11.6 Å². The fourth-order valence-corrected chi connectivity index (χ4v) is 0.881. The summed E-state index contributed by atoms with van der Waals surface area (Å²) in [5.74, 6) is -0.758. The zero-order valence-corrected chi connectivity index (χ0v) is 7.74. The largest absolute Gasteiger partial charge is 0.596 e. The minimum Gasteiger partial charge on any atom is -0.272 e. The first-order valence-electron chi connectivity index (χ1n) is 2.73. The fraction of sp³-hybridized carbons (Fsp3) is 0.667. The van der Waals surface area contributed by atoms with Crippen LogP contribution < -0.4 is 4.84 Å². The Morgan fingerprint density at radius 3 is 1.92 bits per heavy atom. The standard InChI is InChI=1S/C3H4Cl2N4O4/c1-6-2(7-5)3(4,8(10)11)9(12)13/h1H3,(H,6,7). The Hall–Kier alpha value is -1.15. The second kappa shape index (κ2) is 4.19. The molecule has 0 aromatic heterocycles. The van der Waals surface area contributed by atoms with Gasteiger partial charge < -0.3 is 0 Å². The van der Waals surface area contributed by atoms with Gasteiger partial charge in [0.1, 0.15) is 9.85 Å². The van der Waals surface area contributed by atoms with Crippen LogP contribution in [0.2, 0.25) is 0 Å². The smallest absolute Gasteiger partial charge is 0.272 e. The van der Waals surface area contributed by atoms with E-state index in [4.69, 9.17) is 23.4 Å². The van der Waals surface area contributed by atoms with Gasteiger partial charge in [0.15, 0.2) is 0 Å². The number of alkyl halides is 1. The van der Waals surface area contributed by atoms with Crippen LogP contribution in [0.4, 0.5) is 0 Å². The topological polar surface area (TPSA) is 111 Å². The number of hydrogen-bond donors (Lipinski definition) is 1. The van der Waals surface area contributed by atoms with Crippen molar-refractivity contribution in [3.63, 3.8) is 0 Å². The molecule has 0 radical (unpaired) electrons. The van der Waals surface area contributed by atoms with E-state index < -0.39 is 20.8 Å². The van der Waals surface area contributed by atoms with Crippen molar-refractivity contribution < 1.29 is 9.85 Å². The van der Waals surface area contributed by atoms with E-state index in [1.54, 1.807) is 4.84 Å². The van der Waals surface area contributed by atoms with E-state index in [1.807, 2.05) is 0 Å². The number of hydrogen-bond acceptors (Lipinski definition) is 5. The molecule has 0 aromatic carbocycles. The Morgan fingerprint density at radius 1 is 1.46 bits per heavy atom. The molecule has 0 aliphatic carbocycles. The molecule has 0 saturated carbocycles. The van der Waals surface area contributed by atoms with Crippen LogP contribution in [0.3, 0.4) is 0 Å². The van der Waals surface area contributed by atoms with Crippen molar-refractivity contribution in [3.8, 4) is 0 Å². The molecule has 0 fully saturated rings. The van der Waals surface area contributed by atoms with Crippen molar-refractivity contribution in [1.29, 1.82) is 0 Å². The number of nitrogens with one attached hydrogen (secondary N) is 1. The molecule has 0 amide bonds. The Bertz CT molecular complexity index is 252. The monoisotopic (exact) mass is 230 g/mol. The van der Waals surface area contributed by atoms with Crippen LogP contribution in [0, 0.1) is 20.2 Å². The van der Waals surface area contributed by atoms with Gasteiger partial charge in [0.25, 0.3) is 5.84 Å². The van der Waals surface area contributed by atoms with E-state index in [9.17, 15) is 20.2 Å². The third kappa shape index (κ3) is 1.95. The van der Waals surface area contributed by atoms with Crippen molar-refractivity contribution in [1.82, 2.24) is 4.84 Å². The highest BCUT2D eigenvalue weighted by atomic mass is 35.5. The van der Waals surface area contributed by atoms with Crippen LogP contribution in [0.25, 0.3) is 0 Å². The van der Waals surface area contributed by atoms with Crippen LogP contribution in [-0.4, -0.2) is 27.9 Å². The van der Waals surface area contributed by atoms with Gasteiger partial charge >= 0.3 is 5.12 Å². The van der Waals surface area contributed by atoms with Crippen LogP contribution >= 0.6 is 23.4 Å². The Labute approximate surface area is 81.9 Å². The van der Waals surface area contributed by atoms with Crippen molar-refractivity contribution in [2.45, 2.75) is 5.12 Å². The van der Waals surface area contributed by atoms with E-state index in [2.05, 4.69) is 4.99 Å². The SMILES string of the molecule is CN=C(NCl)C(Cl)([N+](=O)[O-])[N+](=O)[O-]. The predicted octanol–water partition coefficient (Wildman–Crippen LogP) is 0.204. The highest BCUT2D eigenvalue weighted by Crippen LogP contribution is 2.18. The van der Waals surface area contributed by atoms with Crippen LogP contribution in [0.15, 0.2) is 4.99 Å². The van der Waals surface area contributed by atoms with E-state index in [-0.39, 0.29) is 0 Å². The zero-order valence-electron chi connectivity index (χ0n) is 6.23. The average molecular weight is 231 g/mol. The highest BCUT2D eigenvalue weighted by molar-refractivity contribution is 6.36. The second-order valence-corrected chi connectivity index (χ2v) is 2.48. The molecule has 1 N–H and O–H groups in total. The summed E-state index contributed by atoms with van der Waals surface area (Å²) in [6.45, 7) is 0. The van der Waals surface area contributed by atoms with E-state index >= 15 is 0 Å². The van der Waals surface area contributed by atoms with Gasteiger partial charge in [-0.3, -0.25) is 30.1 Å². The molecule has 0 heterocycles. The molecule has 0 saturated heterocycles. The minimum absolute atomic E-state index is 0.758. The summed E-state index contributed by atoms with van der Waals surface area (Å²) in [6, 6.07) is 0. The van der Waals surface area contributed by atoms with Crippen LogP contribution in [0.5, 0.6) is 0 Å². The van der Waals surface area contributed by atoms with Gasteiger partial charge in [-0.15, -0.1) is 0 Å². The maximum Gasteiger partial charge on any atom is 0.596 e. The van der Waals surface area contributed by atoms with E-state index in [0.717, 1.165) is 7.05 Å². The minimum atomic E-state index is -3.06. The van der Waals surface area contributed by atoms with Crippen LogP contribution in [0.1, 0.15) is 0 Å². The van der Waals surface area contributed by atoms with Gasteiger partial charge in [0, 0.05) is 18.8 Å². The molecule has 0 atom stereocenters. The van der Waals surface area contributed by atoms with Gasteiger partial charge in [-0.05, 0) is 0 Å². The summed E-state index contributed by atoms with van der Waals surface area (Å²) in [7, 11) is 1.08. The summed E-state index contributed by atoms with van der Waals surface area (Å²) in [5.41, 5.74) is 0. The first-order valence-corrected chi connectivity index (χ1v) is 3.48. The molecule has 0 spiro atoms. The van der Waals surface area contributed by atoms with Gasteiger partial charge in [-0.1, -0.05) is 0 Å². The molecule has 0 rings (SSSR count). The summed E-state index contributed by atoms with van der Waals surface area (Å²) >= 11 is 10.1. The molecule has 0 unspecified atom stereocenters. The van der Waals surface area contributed by atoms with Crippen molar-refractivity contribution in [3.05, 3.63) is 20.2 Å². The highest BCUT2D eigenvalue weighted by Gasteiger charge is 2.60. The molecular weight excluding hydrogens is 227 g/mol. The first kappa shape index (κ1) is 11.8. The lowest BCUT2D eigenvalue weighted by atomic mass is 10.5. The lowest BCUT2D eigenvalue weighted by Crippen LogP contribution is -2.52. The van der Waals surface area contributed by atoms with Gasteiger partial charge in [-0.25, -0.2) is 0 Å². The number of rotatable bonds is 3. The van der Waals surface area contributed by atoms with E-state index in [0.29, 0.717) is 0 Å². The van der Waals surface area contributed by atoms with Crippen molar-refractivity contribution in [2.24, 2.45) is 4.99 Å². The summed E-state index contributed by atoms with van der Waals surface area (Å²) < 4.78 is 0. The van der Waals surface area contributed by atoms with Crippen LogP contribution in [-0.2, 0) is 0 Å². The summed E-state index contributed by atoms with van der Waals surface area (Å²) in [4.78, 5) is 22.8. The lowest BCUT2D eigenvalue weighted by Gasteiger charge is -2.09. The Kier molecular flexibility index (Phi) is 3.82. The summed E-state index contributed by atoms with van der Waals surface area (Å²) in [6.07, 6.45) is 0. The number of amidine groups is 1. The third-order valence-corrected chi connectivity index (χ3v) is 1.73. The Balaban J connectivity index is 5.25. The molecule has 74 valence electrons. The number of halogens is 2. The molecule has 13 heavy (non-hydrogen) atoms. The lowest BCUT2D eigenvalue weighted by molar-refractivity contribution is -0.742. The fourth-order valence-electron chi connectivity index (χ4n) is 0.484. The Morgan fingerprint density at radius 2 is 1.85 bits per heavy atom. The third-order valence-electron chi connectivity index (χ3n) is 1.10. The second-order valence-electron chi connectivity index (χ2n) is 1.77. The molecular formula is C3H4Cl2N4O4. The number of nitrogens with zero attached hydrogens (tertiary/aromatic N) is 3. The van der Waals surface area contributed by atoms with Gasteiger partial charge in [0.2, 0.25) is 0 Å². The van der Waals surface area contributed by atoms with Gasteiger partial charge in [-0.2, -0.15) is 0 Å². The number of nitro groups is 2. The summed E-state index contributed by atoms with van der Waals surface area (Å²) in [5, 5.41) is 17.5. The predicted molar refractivity (Wildman–Crippen MR) is 44.9 cm³/mol. The van der Waals surface area contributed by atoms with E-state index in [1.165, 1.54) is 0 Å². The molecule has 0 aliphatic rings. The maximum atomic E-state index is 10.3. The average Bonchev–Trinajstić information content (AvgIpc) is 2.05. The zero-order chi connectivity index (χ0) is 10.6. The van der Waals surface area contributed by atoms with Crippen molar-refractivity contribution >= 4 is 29.2 Å². The normalized spacial score (nSPS) is 12.4. The molecule has 0 aromatic rings. The number of aliphatic imine (C=N–C) groups is 1.